The molecule has 0 aliphatic heterocycles. The van der Waals surface area contributed by atoms with Crippen LogP contribution < -0.4 is 4.74 Å². The molecule has 5 nitrogen and oxygen atoms in total. The van der Waals surface area contributed by atoms with Crippen molar-refractivity contribution in [3.05, 3.63) is 83.4 Å². The van der Waals surface area contributed by atoms with Crippen molar-refractivity contribution in [2.24, 2.45) is 0 Å². The maximum absolute atomic E-state index is 14.8. The van der Waals surface area contributed by atoms with E-state index in [1.54, 1.807) is 32.6 Å². The molecule has 0 spiro atoms. The molecule has 1 aliphatic carbocycles. The average molecular weight is 405 g/mol. The van der Waals surface area contributed by atoms with Crippen LogP contribution in [0.2, 0.25) is 0 Å². The number of carbonyl (C=O) groups excluding carboxylic acids is 1. The fourth-order valence-corrected chi connectivity index (χ4v) is 3.87. The molecule has 0 N–H and O–H groups in total. The number of rotatable bonds is 5. The molecular weight excluding hydrogens is 381 g/mol. The molecule has 0 saturated carbocycles. The van der Waals surface area contributed by atoms with Crippen molar-refractivity contribution in [1.29, 1.82) is 0 Å². The Labute approximate surface area is 175 Å². The Morgan fingerprint density at radius 2 is 2.10 bits per heavy atom. The van der Waals surface area contributed by atoms with Gasteiger partial charge in [0.15, 0.2) is 0 Å². The Balaban J connectivity index is 1.49. The molecule has 1 heterocycles. The zero-order valence-corrected chi connectivity index (χ0v) is 17.2. The minimum atomic E-state index is -1.17. The van der Waals surface area contributed by atoms with Crippen LogP contribution in [0.1, 0.15) is 28.6 Å². The molecule has 2 atom stereocenters. The fourth-order valence-electron chi connectivity index (χ4n) is 3.87. The van der Waals surface area contributed by atoms with E-state index in [1.807, 2.05) is 54.1 Å². The van der Waals surface area contributed by atoms with E-state index >= 15 is 0 Å². The summed E-state index contributed by atoms with van der Waals surface area (Å²) in [6, 6.07) is 12.6. The first kappa shape index (κ1) is 19.9. The third-order valence-electron chi connectivity index (χ3n) is 5.58. The number of benzene rings is 2. The monoisotopic (exact) mass is 405 g/mol. The number of nitrogens with zero attached hydrogens (tertiary/aromatic N) is 3. The number of aryl methyl sites for hydroxylation is 1. The Bertz CT molecular complexity index is 1110. The van der Waals surface area contributed by atoms with Gasteiger partial charge in [-0.3, -0.25) is 4.79 Å². The minimum absolute atomic E-state index is 0.233. The summed E-state index contributed by atoms with van der Waals surface area (Å²) in [5, 5.41) is 0. The van der Waals surface area contributed by atoms with E-state index in [1.165, 1.54) is 11.0 Å². The van der Waals surface area contributed by atoms with Crippen molar-refractivity contribution in [2.75, 3.05) is 14.2 Å². The van der Waals surface area contributed by atoms with Gasteiger partial charge >= 0.3 is 0 Å². The zero-order chi connectivity index (χ0) is 21.3. The lowest BCUT2D eigenvalue weighted by atomic mass is 10.1. The van der Waals surface area contributed by atoms with E-state index in [4.69, 9.17) is 4.74 Å². The summed E-state index contributed by atoms with van der Waals surface area (Å²) in [6.07, 6.45) is 6.21. The summed E-state index contributed by atoms with van der Waals surface area (Å²) in [6.45, 7) is 1.92. The Morgan fingerprint density at radius 3 is 2.80 bits per heavy atom. The van der Waals surface area contributed by atoms with Crippen LogP contribution in [0, 0.1) is 6.92 Å². The number of hydrogen-bond donors (Lipinski definition) is 0. The molecule has 3 aromatic rings. The third kappa shape index (κ3) is 3.73. The highest BCUT2D eigenvalue weighted by molar-refractivity contribution is 5.92. The second kappa shape index (κ2) is 8.14. The number of methoxy groups -OCH3 is 1. The van der Waals surface area contributed by atoms with Gasteiger partial charge in [0.05, 0.1) is 30.9 Å². The molecule has 0 saturated heterocycles. The van der Waals surface area contributed by atoms with E-state index in [2.05, 4.69) is 4.98 Å². The molecule has 1 amide bonds. The van der Waals surface area contributed by atoms with Crippen molar-refractivity contribution < 1.29 is 13.9 Å². The second-order valence-corrected chi connectivity index (χ2v) is 7.51. The van der Waals surface area contributed by atoms with Crippen molar-refractivity contribution in [2.45, 2.75) is 25.6 Å². The molecular formula is C24H24FN3O2. The molecule has 0 bridgehead atoms. The SMILES string of the molecule is COc1cc(/C=C/C(=O)N(C)C2Cc3ccccc3[C@@H]2F)ccc1-n1cnc(C)c1. The lowest BCUT2D eigenvalue weighted by Crippen LogP contribution is -2.37. The molecule has 6 heteroatoms. The van der Waals surface area contributed by atoms with Gasteiger partial charge in [0.25, 0.3) is 0 Å². The van der Waals surface area contributed by atoms with E-state index in [-0.39, 0.29) is 5.91 Å². The number of carbonyl (C=O) groups is 1. The van der Waals surface area contributed by atoms with Gasteiger partial charge in [-0.05, 0) is 48.2 Å². The second-order valence-electron chi connectivity index (χ2n) is 7.51. The molecule has 2 aromatic carbocycles. The first-order valence-corrected chi connectivity index (χ1v) is 9.83. The summed E-state index contributed by atoms with van der Waals surface area (Å²) in [5.41, 5.74) is 4.24. The van der Waals surface area contributed by atoms with Crippen LogP contribution in [0.15, 0.2) is 61.1 Å². The standard InChI is InChI=1S/C24H24FN3O2/c1-16-14-28(15-26-16)20-10-8-17(12-22(20)30-3)9-11-23(29)27(2)21-13-18-6-4-5-7-19(18)24(21)25/h4-12,14-15,21,24H,13H2,1-3H3/b11-9+/t21?,24-/m0/s1. The van der Waals surface area contributed by atoms with Gasteiger partial charge in [-0.2, -0.15) is 0 Å². The van der Waals surface area contributed by atoms with Gasteiger partial charge in [-0.25, -0.2) is 9.37 Å². The number of imidazole rings is 1. The topological polar surface area (TPSA) is 47.4 Å². The predicted octanol–water partition coefficient (Wildman–Crippen LogP) is 4.30. The molecule has 0 fully saturated rings. The van der Waals surface area contributed by atoms with Crippen LogP contribution in [0.25, 0.3) is 11.8 Å². The van der Waals surface area contributed by atoms with Crippen LogP contribution in [0.3, 0.4) is 0 Å². The third-order valence-corrected chi connectivity index (χ3v) is 5.58. The number of ether oxygens (including phenoxy) is 1. The van der Waals surface area contributed by atoms with Gasteiger partial charge in [-0.15, -0.1) is 0 Å². The Hall–Kier alpha value is -3.41. The maximum atomic E-state index is 14.8. The van der Waals surface area contributed by atoms with E-state index in [0.717, 1.165) is 22.5 Å². The van der Waals surface area contributed by atoms with Gasteiger partial charge < -0.3 is 14.2 Å². The van der Waals surface area contributed by atoms with Crippen LogP contribution in [-0.2, 0) is 11.2 Å². The highest BCUT2D eigenvalue weighted by Crippen LogP contribution is 2.36. The van der Waals surface area contributed by atoms with Gasteiger partial charge in [-0.1, -0.05) is 30.3 Å². The van der Waals surface area contributed by atoms with Gasteiger partial charge in [0.1, 0.15) is 11.9 Å². The number of fused-ring (bicyclic) bond motifs is 1. The quantitative estimate of drug-likeness (QED) is 0.595. The molecule has 0 radical (unpaired) electrons. The molecule has 30 heavy (non-hydrogen) atoms. The number of aromatic nitrogens is 2. The van der Waals surface area contributed by atoms with Gasteiger partial charge in [0, 0.05) is 19.3 Å². The van der Waals surface area contributed by atoms with E-state index in [9.17, 15) is 9.18 Å². The van der Waals surface area contributed by atoms with Crippen LogP contribution >= 0.6 is 0 Å². The van der Waals surface area contributed by atoms with Crippen LogP contribution in [0.5, 0.6) is 5.75 Å². The maximum Gasteiger partial charge on any atom is 0.246 e. The molecule has 1 aromatic heterocycles. The first-order chi connectivity index (χ1) is 14.5. The van der Waals surface area contributed by atoms with Crippen molar-refractivity contribution in [3.8, 4) is 11.4 Å². The van der Waals surface area contributed by atoms with Crippen LogP contribution in [-0.4, -0.2) is 40.6 Å². The first-order valence-electron chi connectivity index (χ1n) is 9.83. The average Bonchev–Trinajstić information content (AvgIpc) is 3.34. The largest absolute Gasteiger partial charge is 0.495 e. The van der Waals surface area contributed by atoms with Crippen molar-refractivity contribution >= 4 is 12.0 Å². The van der Waals surface area contributed by atoms with Crippen LogP contribution in [0.4, 0.5) is 4.39 Å². The molecule has 1 aliphatic rings. The van der Waals surface area contributed by atoms with Gasteiger partial charge in [0.2, 0.25) is 5.91 Å². The molecule has 154 valence electrons. The smallest absolute Gasteiger partial charge is 0.246 e. The lowest BCUT2D eigenvalue weighted by Gasteiger charge is -2.25. The summed E-state index contributed by atoms with van der Waals surface area (Å²) in [4.78, 5) is 18.4. The molecule has 4 rings (SSSR count). The van der Waals surface area contributed by atoms with Crippen molar-refractivity contribution in [1.82, 2.24) is 14.5 Å². The summed E-state index contributed by atoms with van der Waals surface area (Å²) in [7, 11) is 3.26. The van der Waals surface area contributed by atoms with E-state index < -0.39 is 12.2 Å². The number of alkyl halides is 1. The van der Waals surface area contributed by atoms with E-state index in [0.29, 0.717) is 17.7 Å². The zero-order valence-electron chi connectivity index (χ0n) is 17.2. The Kier molecular flexibility index (Phi) is 5.40. The predicted molar refractivity (Wildman–Crippen MR) is 114 cm³/mol. The summed E-state index contributed by atoms with van der Waals surface area (Å²) >= 11 is 0. The summed E-state index contributed by atoms with van der Waals surface area (Å²) < 4.78 is 22.2. The number of hydrogen-bond acceptors (Lipinski definition) is 3. The fraction of sp³-hybridized carbons (Fsp3) is 0.250. The highest BCUT2D eigenvalue weighted by Gasteiger charge is 2.36. The highest BCUT2D eigenvalue weighted by atomic mass is 19.1. The minimum Gasteiger partial charge on any atom is -0.495 e. The Morgan fingerprint density at radius 1 is 1.30 bits per heavy atom. The lowest BCUT2D eigenvalue weighted by molar-refractivity contribution is -0.127. The number of halogens is 1. The molecule has 1 unspecified atom stereocenters. The van der Waals surface area contributed by atoms with Crippen molar-refractivity contribution in [3.63, 3.8) is 0 Å². The number of amides is 1. The number of likely N-dealkylation sites (N-methyl/N-ethyl adjacent to an activating group) is 1. The normalized spacial score (nSPS) is 17.9. The summed E-state index contributed by atoms with van der Waals surface area (Å²) in [5.74, 6) is 0.439.